The molecule has 0 aromatic carbocycles. The van der Waals surface area contributed by atoms with Gasteiger partial charge in [0.05, 0.1) is 0 Å². The highest BCUT2D eigenvalue weighted by atomic mass is 14.7. The van der Waals surface area contributed by atoms with Crippen LogP contribution in [0.1, 0.15) is 20.8 Å². The molecule has 0 unspecified atom stereocenters. The Bertz CT molecular complexity index is 152. The lowest BCUT2D eigenvalue weighted by atomic mass is 10.3. The summed E-state index contributed by atoms with van der Waals surface area (Å²) >= 11 is 0. The Morgan fingerprint density at radius 3 is 2.33 bits per heavy atom. The Morgan fingerprint density at radius 1 is 1.44 bits per heavy atom. The first-order chi connectivity index (χ1) is 4.16. The van der Waals surface area contributed by atoms with Gasteiger partial charge in [-0.05, 0) is 26.8 Å². The molecule has 0 atom stereocenters. The largest absolute Gasteiger partial charge is 0.266 e. The van der Waals surface area contributed by atoms with Crippen molar-refractivity contribution in [1.82, 2.24) is 0 Å². The average molecular weight is 123 g/mol. The van der Waals surface area contributed by atoms with Crippen LogP contribution in [0.5, 0.6) is 0 Å². The van der Waals surface area contributed by atoms with Crippen LogP contribution < -0.4 is 0 Å². The summed E-state index contributed by atoms with van der Waals surface area (Å²) in [5, 5.41) is 0. The van der Waals surface area contributed by atoms with Gasteiger partial charge in [0.25, 0.3) is 0 Å². The van der Waals surface area contributed by atoms with Gasteiger partial charge in [0.1, 0.15) is 0 Å². The lowest BCUT2D eigenvalue weighted by Crippen LogP contribution is -1.70. The molecule has 0 aliphatic carbocycles. The van der Waals surface area contributed by atoms with Gasteiger partial charge in [-0.15, -0.1) is 0 Å². The molecule has 0 spiro atoms. The van der Waals surface area contributed by atoms with Gasteiger partial charge in [-0.2, -0.15) is 0 Å². The van der Waals surface area contributed by atoms with Crippen LogP contribution in [0.3, 0.4) is 0 Å². The molecule has 0 amide bonds. The molecule has 0 radical (unpaired) electrons. The predicted octanol–water partition coefficient (Wildman–Crippen LogP) is 2.56. The molecule has 0 saturated carbocycles. The second-order valence-corrected chi connectivity index (χ2v) is 2.02. The van der Waals surface area contributed by atoms with E-state index in [0.29, 0.717) is 0 Å². The van der Waals surface area contributed by atoms with Gasteiger partial charge in [0.2, 0.25) is 0 Å². The first-order valence-corrected chi connectivity index (χ1v) is 2.99. The number of hydrogen-bond donors (Lipinski definition) is 0. The van der Waals surface area contributed by atoms with Crippen molar-refractivity contribution < 1.29 is 0 Å². The smallest absolute Gasteiger partial charge is 0.0371 e. The summed E-state index contributed by atoms with van der Waals surface area (Å²) in [5.74, 6) is 0. The maximum Gasteiger partial charge on any atom is 0.0371 e. The molecule has 0 saturated heterocycles. The SMILES string of the molecule is C=C(C)/C=C(\C)N=CC. The zero-order valence-corrected chi connectivity index (χ0v) is 6.31. The van der Waals surface area contributed by atoms with Crippen molar-refractivity contribution >= 4 is 6.21 Å². The third-order valence-corrected chi connectivity index (χ3v) is 0.788. The van der Waals surface area contributed by atoms with Crippen LogP contribution in [-0.4, -0.2) is 6.21 Å². The van der Waals surface area contributed by atoms with Gasteiger partial charge >= 0.3 is 0 Å². The predicted molar refractivity (Wildman–Crippen MR) is 42.7 cm³/mol. The van der Waals surface area contributed by atoms with Gasteiger partial charge in [-0.1, -0.05) is 12.2 Å². The summed E-state index contributed by atoms with van der Waals surface area (Å²) < 4.78 is 0. The Hall–Kier alpha value is -0.850. The second-order valence-electron chi connectivity index (χ2n) is 2.02. The summed E-state index contributed by atoms with van der Waals surface area (Å²) in [6.07, 6.45) is 3.72. The molecule has 1 heteroatoms. The highest BCUT2D eigenvalue weighted by molar-refractivity contribution is 5.55. The maximum atomic E-state index is 4.04. The molecule has 0 aliphatic heterocycles. The molecule has 0 aromatic heterocycles. The topological polar surface area (TPSA) is 12.4 Å². The molecule has 50 valence electrons. The average Bonchev–Trinajstić information content (AvgIpc) is 1.63. The third kappa shape index (κ3) is 5.01. The van der Waals surface area contributed by atoms with Gasteiger partial charge in [0.15, 0.2) is 0 Å². The first-order valence-electron chi connectivity index (χ1n) is 2.99. The van der Waals surface area contributed by atoms with E-state index in [0.717, 1.165) is 11.3 Å². The van der Waals surface area contributed by atoms with Crippen LogP contribution >= 0.6 is 0 Å². The lowest BCUT2D eigenvalue weighted by molar-refractivity contribution is 1.29. The molecular formula is C8H13N. The van der Waals surface area contributed by atoms with Crippen molar-refractivity contribution in [1.29, 1.82) is 0 Å². The molecule has 1 nitrogen and oxygen atoms in total. The first kappa shape index (κ1) is 8.15. The van der Waals surface area contributed by atoms with Gasteiger partial charge in [-0.25, -0.2) is 0 Å². The number of aliphatic imine (C=N–C) groups is 1. The van der Waals surface area contributed by atoms with Crippen molar-refractivity contribution in [3.05, 3.63) is 23.9 Å². The summed E-state index contributed by atoms with van der Waals surface area (Å²) in [5.41, 5.74) is 2.04. The summed E-state index contributed by atoms with van der Waals surface area (Å²) in [6.45, 7) is 9.53. The fourth-order valence-electron chi connectivity index (χ4n) is 0.597. The van der Waals surface area contributed by atoms with Crippen molar-refractivity contribution in [2.24, 2.45) is 4.99 Å². The van der Waals surface area contributed by atoms with Crippen molar-refractivity contribution in [3.63, 3.8) is 0 Å². The molecule has 0 rings (SSSR count). The molecular weight excluding hydrogens is 110 g/mol. The van der Waals surface area contributed by atoms with Crippen LogP contribution in [-0.2, 0) is 0 Å². The van der Waals surface area contributed by atoms with E-state index in [1.807, 2.05) is 26.8 Å². The molecule has 0 bridgehead atoms. The highest BCUT2D eigenvalue weighted by Gasteiger charge is 1.79. The Balaban J connectivity index is 4.00. The van der Waals surface area contributed by atoms with E-state index < -0.39 is 0 Å². The fraction of sp³-hybridized carbons (Fsp3) is 0.375. The van der Waals surface area contributed by atoms with Crippen molar-refractivity contribution in [3.8, 4) is 0 Å². The Labute approximate surface area is 56.8 Å². The van der Waals surface area contributed by atoms with E-state index in [9.17, 15) is 0 Å². The minimum Gasteiger partial charge on any atom is -0.266 e. The Kier molecular flexibility index (Phi) is 3.69. The van der Waals surface area contributed by atoms with Crippen LogP contribution in [0.15, 0.2) is 28.9 Å². The minimum absolute atomic E-state index is 1.00. The standard InChI is InChI=1S/C8H13N/c1-5-9-8(4)6-7(2)3/h5-6H,2H2,1,3-4H3/b8-6+,9-5?. The van der Waals surface area contributed by atoms with Crippen LogP contribution in [0.4, 0.5) is 0 Å². The quantitative estimate of drug-likeness (QED) is 0.395. The lowest BCUT2D eigenvalue weighted by Gasteiger charge is -1.88. The van der Waals surface area contributed by atoms with E-state index in [-0.39, 0.29) is 0 Å². The molecule has 0 N–H and O–H groups in total. The number of hydrogen-bond acceptors (Lipinski definition) is 1. The number of rotatable bonds is 2. The van der Waals surface area contributed by atoms with Gasteiger partial charge < -0.3 is 0 Å². The van der Waals surface area contributed by atoms with Crippen molar-refractivity contribution in [2.45, 2.75) is 20.8 Å². The van der Waals surface area contributed by atoms with E-state index in [4.69, 9.17) is 0 Å². The van der Waals surface area contributed by atoms with Crippen molar-refractivity contribution in [2.75, 3.05) is 0 Å². The van der Waals surface area contributed by atoms with Crippen LogP contribution in [0.2, 0.25) is 0 Å². The minimum atomic E-state index is 1.00. The highest BCUT2D eigenvalue weighted by Crippen LogP contribution is 1.98. The van der Waals surface area contributed by atoms with E-state index in [2.05, 4.69) is 11.6 Å². The van der Waals surface area contributed by atoms with E-state index >= 15 is 0 Å². The summed E-state index contributed by atoms with van der Waals surface area (Å²) in [7, 11) is 0. The van der Waals surface area contributed by atoms with Crippen LogP contribution in [0, 0.1) is 0 Å². The normalized spacial score (nSPS) is 12.6. The molecule has 0 aliphatic rings. The Morgan fingerprint density at radius 2 is 2.00 bits per heavy atom. The third-order valence-electron chi connectivity index (χ3n) is 0.788. The van der Waals surface area contributed by atoms with E-state index in [1.54, 1.807) is 6.21 Å². The fourth-order valence-corrected chi connectivity index (χ4v) is 0.597. The zero-order valence-electron chi connectivity index (χ0n) is 6.31. The summed E-state index contributed by atoms with van der Waals surface area (Å²) in [6, 6.07) is 0. The van der Waals surface area contributed by atoms with Crippen LogP contribution in [0.25, 0.3) is 0 Å². The number of nitrogens with zero attached hydrogens (tertiary/aromatic N) is 1. The van der Waals surface area contributed by atoms with Gasteiger partial charge in [0, 0.05) is 11.9 Å². The maximum absolute atomic E-state index is 4.04. The second kappa shape index (κ2) is 4.07. The van der Waals surface area contributed by atoms with Gasteiger partial charge in [-0.3, -0.25) is 4.99 Å². The summed E-state index contributed by atoms with van der Waals surface area (Å²) in [4.78, 5) is 4.04. The molecule has 0 fully saturated rings. The molecule has 0 aromatic rings. The van der Waals surface area contributed by atoms with E-state index in [1.165, 1.54) is 0 Å². The zero-order chi connectivity index (χ0) is 7.28. The monoisotopic (exact) mass is 123 g/mol. The molecule has 9 heavy (non-hydrogen) atoms. The number of allylic oxidation sites excluding steroid dienone is 3. The molecule has 0 heterocycles.